The summed E-state index contributed by atoms with van der Waals surface area (Å²) >= 11 is 0. The number of fused-ring (bicyclic) bond motifs is 1. The number of benzene rings is 2. The fourth-order valence-corrected chi connectivity index (χ4v) is 5.06. The molecule has 3 aromatic rings. The molecule has 32 heavy (non-hydrogen) atoms. The number of carbonyl (C=O) groups is 1. The molecule has 0 bridgehead atoms. The van der Waals surface area contributed by atoms with Crippen LogP contribution in [-0.4, -0.2) is 63.2 Å². The standard InChI is InChI=1S/C24H32N3O4P/c1-26(2)14-13-19-17-27(23-16-20(29-3)11-12-21(19)23)32(31-5)25-22(24(28)30-4)15-18-9-7-6-8-10-18/h6-12,16-17,22,25H,13-15H2,1-5H3. The molecule has 2 atom stereocenters. The average Bonchev–Trinajstić information content (AvgIpc) is 3.18. The van der Waals surface area contributed by atoms with Crippen molar-refractivity contribution >= 4 is 25.3 Å². The number of nitrogens with one attached hydrogen (secondary N) is 1. The maximum atomic E-state index is 12.6. The van der Waals surface area contributed by atoms with E-state index < -0.39 is 14.5 Å². The van der Waals surface area contributed by atoms with Gasteiger partial charge in [0.2, 0.25) is 8.45 Å². The molecule has 1 N–H and O–H groups in total. The fraction of sp³-hybridized carbons (Fsp3) is 0.375. The van der Waals surface area contributed by atoms with Crippen molar-refractivity contribution in [2.75, 3.05) is 42.0 Å². The highest BCUT2D eigenvalue weighted by Crippen LogP contribution is 2.41. The van der Waals surface area contributed by atoms with E-state index in [0.717, 1.165) is 35.2 Å². The minimum absolute atomic E-state index is 0.319. The van der Waals surface area contributed by atoms with E-state index in [0.29, 0.717) is 6.42 Å². The Kier molecular flexibility index (Phi) is 8.65. The Morgan fingerprint density at radius 1 is 1.12 bits per heavy atom. The van der Waals surface area contributed by atoms with Crippen LogP contribution in [0.1, 0.15) is 11.1 Å². The molecule has 2 aromatic carbocycles. The van der Waals surface area contributed by atoms with Gasteiger partial charge < -0.3 is 18.9 Å². The number of esters is 1. The Hall–Kier alpha value is -2.44. The molecule has 0 aliphatic carbocycles. The van der Waals surface area contributed by atoms with E-state index >= 15 is 0 Å². The van der Waals surface area contributed by atoms with Gasteiger partial charge in [-0.25, -0.2) is 5.09 Å². The van der Waals surface area contributed by atoms with Crippen molar-refractivity contribution in [1.29, 1.82) is 0 Å². The van der Waals surface area contributed by atoms with Gasteiger partial charge in [-0.1, -0.05) is 30.3 Å². The van der Waals surface area contributed by atoms with E-state index in [1.165, 1.54) is 12.7 Å². The van der Waals surface area contributed by atoms with Crippen molar-refractivity contribution in [3.8, 4) is 5.75 Å². The zero-order valence-corrected chi connectivity index (χ0v) is 20.3. The zero-order valence-electron chi connectivity index (χ0n) is 19.4. The Bertz CT molecular complexity index is 1020. The fourth-order valence-electron chi connectivity index (χ4n) is 3.59. The maximum absolute atomic E-state index is 12.6. The molecule has 8 heteroatoms. The van der Waals surface area contributed by atoms with Crippen LogP contribution >= 0.6 is 8.45 Å². The third-order valence-corrected chi connectivity index (χ3v) is 6.91. The highest BCUT2D eigenvalue weighted by molar-refractivity contribution is 7.49. The summed E-state index contributed by atoms with van der Waals surface area (Å²) in [6, 6.07) is 15.4. The number of hydrogen-bond acceptors (Lipinski definition) is 6. The molecule has 1 aromatic heterocycles. The molecule has 0 saturated carbocycles. The van der Waals surface area contributed by atoms with E-state index in [4.69, 9.17) is 14.0 Å². The Morgan fingerprint density at radius 2 is 1.88 bits per heavy atom. The van der Waals surface area contributed by atoms with Crippen LogP contribution < -0.4 is 9.82 Å². The van der Waals surface area contributed by atoms with Crippen molar-refractivity contribution in [2.45, 2.75) is 18.9 Å². The van der Waals surface area contributed by atoms with E-state index in [1.807, 2.05) is 42.5 Å². The highest BCUT2D eigenvalue weighted by Gasteiger charge is 2.26. The zero-order chi connectivity index (χ0) is 23.1. The molecule has 0 aliphatic rings. The van der Waals surface area contributed by atoms with E-state index in [2.05, 4.69) is 40.7 Å². The summed E-state index contributed by atoms with van der Waals surface area (Å²) in [6.45, 7) is 0.933. The summed E-state index contributed by atoms with van der Waals surface area (Å²) in [5.74, 6) is 0.455. The first kappa shape index (κ1) is 24.2. The summed E-state index contributed by atoms with van der Waals surface area (Å²) in [5, 5.41) is 4.56. The number of aromatic nitrogens is 1. The lowest BCUT2D eigenvalue weighted by atomic mass is 10.1. The molecule has 172 valence electrons. The van der Waals surface area contributed by atoms with Crippen LogP contribution in [0, 0.1) is 0 Å². The Balaban J connectivity index is 1.96. The number of methoxy groups -OCH3 is 2. The van der Waals surface area contributed by atoms with Crippen LogP contribution in [-0.2, 0) is 26.9 Å². The minimum atomic E-state index is -1.35. The predicted octanol–water partition coefficient (Wildman–Crippen LogP) is 3.85. The smallest absolute Gasteiger partial charge is 0.323 e. The average molecular weight is 458 g/mol. The number of carbonyl (C=O) groups excluding carboxylic acids is 1. The van der Waals surface area contributed by atoms with Crippen LogP contribution in [0.2, 0.25) is 0 Å². The van der Waals surface area contributed by atoms with Gasteiger partial charge in [0.25, 0.3) is 0 Å². The number of nitrogens with zero attached hydrogens (tertiary/aromatic N) is 2. The van der Waals surface area contributed by atoms with Gasteiger partial charge in [-0.05, 0) is 50.2 Å². The number of rotatable bonds is 11. The SMILES string of the molecule is COC(=O)C(Cc1ccccc1)NP(OC)n1cc(CCN(C)C)c2ccc(OC)cc21. The topological polar surface area (TPSA) is 65.0 Å². The summed E-state index contributed by atoms with van der Waals surface area (Å²) in [5.41, 5.74) is 3.27. The highest BCUT2D eigenvalue weighted by atomic mass is 31.2. The first-order valence-corrected chi connectivity index (χ1v) is 11.7. The van der Waals surface area contributed by atoms with E-state index in [9.17, 15) is 4.79 Å². The largest absolute Gasteiger partial charge is 0.497 e. The van der Waals surface area contributed by atoms with Gasteiger partial charge in [0.05, 0.1) is 19.7 Å². The molecule has 0 radical (unpaired) electrons. The molecular weight excluding hydrogens is 425 g/mol. The van der Waals surface area contributed by atoms with Crippen molar-refractivity contribution in [1.82, 2.24) is 14.3 Å². The molecule has 2 unspecified atom stereocenters. The lowest BCUT2D eigenvalue weighted by molar-refractivity contribution is -0.142. The summed E-state index contributed by atoms with van der Waals surface area (Å²) in [4.78, 5) is 14.7. The van der Waals surface area contributed by atoms with Gasteiger partial charge in [0, 0.05) is 31.3 Å². The van der Waals surface area contributed by atoms with Crippen molar-refractivity contribution in [3.63, 3.8) is 0 Å². The second-order valence-corrected chi connectivity index (χ2v) is 9.39. The van der Waals surface area contributed by atoms with Gasteiger partial charge in [-0.2, -0.15) is 0 Å². The van der Waals surface area contributed by atoms with Gasteiger partial charge in [-0.15, -0.1) is 0 Å². The number of hydrogen-bond donors (Lipinski definition) is 1. The Morgan fingerprint density at radius 3 is 2.50 bits per heavy atom. The summed E-state index contributed by atoms with van der Waals surface area (Å²) in [7, 11) is 7.50. The normalized spacial score (nSPS) is 13.3. The predicted molar refractivity (Wildman–Crippen MR) is 129 cm³/mol. The second kappa shape index (κ2) is 11.4. The van der Waals surface area contributed by atoms with Crippen LogP contribution in [0.15, 0.2) is 54.7 Å². The van der Waals surface area contributed by atoms with Crippen LogP contribution in [0.4, 0.5) is 0 Å². The second-order valence-electron chi connectivity index (χ2n) is 7.79. The molecule has 0 amide bonds. The minimum Gasteiger partial charge on any atom is -0.497 e. The van der Waals surface area contributed by atoms with Gasteiger partial charge >= 0.3 is 5.97 Å². The molecule has 3 rings (SSSR count). The van der Waals surface area contributed by atoms with Crippen molar-refractivity contribution in [3.05, 3.63) is 65.9 Å². The number of ether oxygens (including phenoxy) is 2. The first-order valence-electron chi connectivity index (χ1n) is 10.5. The van der Waals surface area contributed by atoms with E-state index in [1.54, 1.807) is 14.2 Å². The lowest BCUT2D eigenvalue weighted by Crippen LogP contribution is -2.37. The molecule has 0 aliphatic heterocycles. The summed E-state index contributed by atoms with van der Waals surface area (Å²) in [6.07, 6.45) is 3.53. The van der Waals surface area contributed by atoms with E-state index in [-0.39, 0.29) is 5.97 Å². The molecule has 1 heterocycles. The molecule has 0 spiro atoms. The lowest BCUT2D eigenvalue weighted by Gasteiger charge is -2.24. The van der Waals surface area contributed by atoms with Crippen molar-refractivity contribution < 1.29 is 18.8 Å². The van der Waals surface area contributed by atoms with Gasteiger partial charge in [0.15, 0.2) is 0 Å². The monoisotopic (exact) mass is 457 g/mol. The maximum Gasteiger partial charge on any atom is 0.323 e. The summed E-state index contributed by atoms with van der Waals surface area (Å²) < 4.78 is 18.5. The molecule has 7 nitrogen and oxygen atoms in total. The third kappa shape index (κ3) is 5.87. The van der Waals surface area contributed by atoms with Crippen molar-refractivity contribution in [2.24, 2.45) is 0 Å². The molecule has 0 fully saturated rings. The number of likely N-dealkylation sites (N-methyl/N-ethyl adjacent to an activating group) is 1. The third-order valence-electron chi connectivity index (χ3n) is 5.31. The molecule has 0 saturated heterocycles. The first-order chi connectivity index (χ1) is 15.5. The van der Waals surface area contributed by atoms with Crippen LogP contribution in [0.5, 0.6) is 5.75 Å². The van der Waals surface area contributed by atoms with Crippen LogP contribution in [0.3, 0.4) is 0 Å². The van der Waals surface area contributed by atoms with Gasteiger partial charge in [0.1, 0.15) is 11.8 Å². The quantitative estimate of drug-likeness (QED) is 0.349. The van der Waals surface area contributed by atoms with Gasteiger partial charge in [-0.3, -0.25) is 9.13 Å². The Labute approximate surface area is 191 Å². The molecular formula is C24H32N3O4P. The van der Waals surface area contributed by atoms with Crippen LogP contribution in [0.25, 0.3) is 10.9 Å².